The van der Waals surface area contributed by atoms with Crippen molar-refractivity contribution in [2.45, 2.75) is 39.5 Å². The van der Waals surface area contributed by atoms with Gasteiger partial charge >= 0.3 is 0 Å². The lowest BCUT2D eigenvalue weighted by molar-refractivity contribution is -0.133. The molecule has 0 aromatic carbocycles. The van der Waals surface area contributed by atoms with Crippen LogP contribution in [0.3, 0.4) is 0 Å². The standard InChI is InChI=1S/C10H16O2/c1-3-5-6-8-10(12)9(11)7-4-2/h6,8H,3-5,7H2,1-2H3. The fourth-order valence-corrected chi connectivity index (χ4v) is 0.800. The van der Waals surface area contributed by atoms with E-state index in [2.05, 4.69) is 0 Å². The maximum absolute atomic E-state index is 11.0. The summed E-state index contributed by atoms with van der Waals surface area (Å²) in [7, 11) is 0. The minimum absolute atomic E-state index is 0.273. The molecule has 0 aromatic heterocycles. The van der Waals surface area contributed by atoms with E-state index in [-0.39, 0.29) is 11.6 Å². The first-order chi connectivity index (χ1) is 5.72. The number of allylic oxidation sites excluding steroid dienone is 2. The second-order valence-electron chi connectivity index (χ2n) is 2.73. The van der Waals surface area contributed by atoms with Gasteiger partial charge in [-0.1, -0.05) is 26.3 Å². The van der Waals surface area contributed by atoms with Gasteiger partial charge in [0.15, 0.2) is 0 Å². The number of unbranched alkanes of at least 4 members (excludes halogenated alkanes) is 1. The van der Waals surface area contributed by atoms with Crippen molar-refractivity contribution in [1.82, 2.24) is 0 Å². The Labute approximate surface area is 73.7 Å². The quantitative estimate of drug-likeness (QED) is 0.450. The van der Waals surface area contributed by atoms with Gasteiger partial charge in [0.2, 0.25) is 11.6 Å². The lowest BCUT2D eigenvalue weighted by Crippen LogP contribution is -2.09. The molecule has 0 fully saturated rings. The van der Waals surface area contributed by atoms with Crippen LogP contribution in [0.2, 0.25) is 0 Å². The summed E-state index contributed by atoms with van der Waals surface area (Å²) in [6.07, 6.45) is 6.13. The van der Waals surface area contributed by atoms with Crippen molar-refractivity contribution >= 4 is 11.6 Å². The molecule has 0 saturated carbocycles. The van der Waals surface area contributed by atoms with Gasteiger partial charge in [-0.2, -0.15) is 0 Å². The van der Waals surface area contributed by atoms with Gasteiger partial charge in [-0.3, -0.25) is 9.59 Å². The van der Waals surface area contributed by atoms with Crippen molar-refractivity contribution < 1.29 is 9.59 Å². The third-order valence-electron chi connectivity index (χ3n) is 1.48. The summed E-state index contributed by atoms with van der Waals surface area (Å²) in [5.74, 6) is -0.629. The van der Waals surface area contributed by atoms with E-state index < -0.39 is 0 Å². The fourth-order valence-electron chi connectivity index (χ4n) is 0.800. The van der Waals surface area contributed by atoms with Gasteiger partial charge in [-0.15, -0.1) is 0 Å². The Morgan fingerprint density at radius 1 is 1.17 bits per heavy atom. The van der Waals surface area contributed by atoms with Crippen molar-refractivity contribution in [1.29, 1.82) is 0 Å². The Bertz CT molecular complexity index is 180. The third kappa shape index (κ3) is 4.83. The SMILES string of the molecule is CCCC=CC(=O)C(=O)CCC. The predicted octanol–water partition coefficient (Wildman–Crippen LogP) is 2.28. The zero-order valence-corrected chi connectivity index (χ0v) is 7.80. The van der Waals surface area contributed by atoms with E-state index in [1.165, 1.54) is 6.08 Å². The van der Waals surface area contributed by atoms with Gasteiger partial charge in [-0.05, 0) is 18.9 Å². The van der Waals surface area contributed by atoms with Gasteiger partial charge < -0.3 is 0 Å². The molecule has 0 aliphatic rings. The number of Topliss-reactive ketones (excluding diaryl/α,β-unsaturated/α-hetero) is 1. The van der Waals surface area contributed by atoms with Gasteiger partial charge in [0.05, 0.1) is 0 Å². The summed E-state index contributed by atoms with van der Waals surface area (Å²) in [6.45, 7) is 3.92. The Morgan fingerprint density at radius 3 is 2.33 bits per heavy atom. The largest absolute Gasteiger partial charge is 0.291 e. The van der Waals surface area contributed by atoms with Crippen molar-refractivity contribution in [2.75, 3.05) is 0 Å². The number of carbonyl (C=O) groups is 2. The average molecular weight is 168 g/mol. The zero-order valence-electron chi connectivity index (χ0n) is 7.80. The highest BCUT2D eigenvalue weighted by molar-refractivity contribution is 6.41. The molecular weight excluding hydrogens is 152 g/mol. The summed E-state index contributed by atoms with van der Waals surface area (Å²) >= 11 is 0. The van der Waals surface area contributed by atoms with Crippen molar-refractivity contribution in [3.8, 4) is 0 Å². The molecule has 12 heavy (non-hydrogen) atoms. The van der Waals surface area contributed by atoms with Crippen LogP contribution in [0.1, 0.15) is 39.5 Å². The molecule has 0 rings (SSSR count). The first kappa shape index (κ1) is 11.1. The van der Waals surface area contributed by atoms with Gasteiger partial charge in [0.1, 0.15) is 0 Å². The number of hydrogen-bond donors (Lipinski definition) is 0. The highest BCUT2D eigenvalue weighted by Gasteiger charge is 2.07. The van der Waals surface area contributed by atoms with E-state index in [0.29, 0.717) is 6.42 Å². The van der Waals surface area contributed by atoms with E-state index in [1.54, 1.807) is 6.08 Å². The van der Waals surface area contributed by atoms with Crippen LogP contribution in [0.5, 0.6) is 0 Å². The molecule has 0 spiro atoms. The minimum Gasteiger partial charge on any atom is -0.291 e. The van der Waals surface area contributed by atoms with Crippen molar-refractivity contribution in [3.63, 3.8) is 0 Å². The summed E-state index contributed by atoms with van der Waals surface area (Å²) in [4.78, 5) is 21.9. The van der Waals surface area contributed by atoms with Crippen molar-refractivity contribution in [2.24, 2.45) is 0 Å². The van der Waals surface area contributed by atoms with Crippen LogP contribution in [0.15, 0.2) is 12.2 Å². The molecule has 0 atom stereocenters. The summed E-state index contributed by atoms with van der Waals surface area (Å²) in [5.41, 5.74) is 0. The van der Waals surface area contributed by atoms with Gasteiger partial charge in [0.25, 0.3) is 0 Å². The number of rotatable bonds is 6. The molecule has 0 unspecified atom stereocenters. The van der Waals surface area contributed by atoms with E-state index >= 15 is 0 Å². The number of ketones is 2. The Balaban J connectivity index is 3.78. The molecule has 68 valence electrons. The first-order valence-electron chi connectivity index (χ1n) is 4.46. The monoisotopic (exact) mass is 168 g/mol. The lowest BCUT2D eigenvalue weighted by atomic mass is 10.1. The topological polar surface area (TPSA) is 34.1 Å². The van der Waals surface area contributed by atoms with Gasteiger partial charge in [-0.25, -0.2) is 0 Å². The predicted molar refractivity (Wildman–Crippen MR) is 49.0 cm³/mol. The molecule has 2 nitrogen and oxygen atoms in total. The second kappa shape index (κ2) is 6.77. The van der Waals surface area contributed by atoms with E-state index in [0.717, 1.165) is 19.3 Å². The molecule has 0 aliphatic heterocycles. The molecular formula is C10H16O2. The normalized spacial score (nSPS) is 10.5. The van der Waals surface area contributed by atoms with E-state index in [9.17, 15) is 9.59 Å². The Morgan fingerprint density at radius 2 is 1.83 bits per heavy atom. The second-order valence-corrected chi connectivity index (χ2v) is 2.73. The van der Waals surface area contributed by atoms with Gasteiger partial charge in [0, 0.05) is 6.42 Å². The number of carbonyl (C=O) groups excluding carboxylic acids is 2. The van der Waals surface area contributed by atoms with Crippen molar-refractivity contribution in [3.05, 3.63) is 12.2 Å². The third-order valence-corrected chi connectivity index (χ3v) is 1.48. The zero-order chi connectivity index (χ0) is 9.40. The van der Waals surface area contributed by atoms with E-state index in [1.807, 2.05) is 13.8 Å². The van der Waals surface area contributed by atoms with Crippen LogP contribution < -0.4 is 0 Å². The molecule has 0 heterocycles. The lowest BCUT2D eigenvalue weighted by Gasteiger charge is -1.90. The molecule has 2 heteroatoms. The molecule has 0 N–H and O–H groups in total. The van der Waals surface area contributed by atoms with Crippen LogP contribution >= 0.6 is 0 Å². The van der Waals surface area contributed by atoms with E-state index in [4.69, 9.17) is 0 Å². The molecule has 0 saturated heterocycles. The fraction of sp³-hybridized carbons (Fsp3) is 0.600. The Kier molecular flexibility index (Phi) is 6.25. The minimum atomic E-state index is -0.356. The first-order valence-corrected chi connectivity index (χ1v) is 4.46. The smallest absolute Gasteiger partial charge is 0.221 e. The summed E-state index contributed by atoms with van der Waals surface area (Å²) in [5, 5.41) is 0. The molecule has 0 bridgehead atoms. The molecule has 0 amide bonds. The summed E-state index contributed by atoms with van der Waals surface area (Å²) in [6, 6.07) is 0. The summed E-state index contributed by atoms with van der Waals surface area (Å²) < 4.78 is 0. The van der Waals surface area contributed by atoms with Crippen LogP contribution in [0, 0.1) is 0 Å². The maximum atomic E-state index is 11.0. The van der Waals surface area contributed by atoms with Crippen LogP contribution in [-0.2, 0) is 9.59 Å². The number of hydrogen-bond acceptors (Lipinski definition) is 2. The molecule has 0 aromatic rings. The molecule has 0 radical (unpaired) electrons. The highest BCUT2D eigenvalue weighted by Crippen LogP contribution is 1.94. The Hall–Kier alpha value is -0.920. The highest BCUT2D eigenvalue weighted by atomic mass is 16.2. The van der Waals surface area contributed by atoms with Crippen LogP contribution in [-0.4, -0.2) is 11.6 Å². The molecule has 0 aliphatic carbocycles. The van der Waals surface area contributed by atoms with Crippen LogP contribution in [0.4, 0.5) is 0 Å². The van der Waals surface area contributed by atoms with Crippen LogP contribution in [0.25, 0.3) is 0 Å². The maximum Gasteiger partial charge on any atom is 0.221 e. The average Bonchev–Trinajstić information content (AvgIpc) is 2.05.